The van der Waals surface area contributed by atoms with Gasteiger partial charge in [0, 0.05) is 18.2 Å². The van der Waals surface area contributed by atoms with E-state index in [1.165, 1.54) is 42.5 Å². The van der Waals surface area contributed by atoms with Crippen molar-refractivity contribution in [2.24, 2.45) is 0 Å². The monoisotopic (exact) mass is 452 g/mol. The average molecular weight is 452 g/mol. The summed E-state index contributed by atoms with van der Waals surface area (Å²) in [5, 5.41) is 2.77. The van der Waals surface area contributed by atoms with E-state index >= 15 is 0 Å². The maximum atomic E-state index is 13.3. The third kappa shape index (κ3) is 5.74. The van der Waals surface area contributed by atoms with E-state index in [9.17, 15) is 27.2 Å². The van der Waals surface area contributed by atoms with Crippen molar-refractivity contribution in [1.82, 2.24) is 14.1 Å². The molecule has 1 aliphatic rings. The van der Waals surface area contributed by atoms with Crippen LogP contribution in [-0.4, -0.2) is 20.5 Å². The molecular formula is C21H20F4N4O3. The fraction of sp³-hybridized carbons (Fsp3) is 0.286. The highest BCUT2D eigenvalue weighted by atomic mass is 19.4. The second-order valence-electron chi connectivity index (χ2n) is 7.24. The molecule has 32 heavy (non-hydrogen) atoms. The molecule has 1 N–H and O–H groups in total. The largest absolute Gasteiger partial charge is 0.572 e. The van der Waals surface area contributed by atoms with Crippen LogP contribution in [0.4, 0.5) is 23.5 Å². The number of ether oxygens (including phenoxy) is 1. The predicted molar refractivity (Wildman–Crippen MR) is 109 cm³/mol. The molecule has 1 aromatic heterocycles. The van der Waals surface area contributed by atoms with Gasteiger partial charge in [0.25, 0.3) is 0 Å². The predicted octanol–water partition coefficient (Wildman–Crippen LogP) is 3.85. The van der Waals surface area contributed by atoms with Crippen molar-refractivity contribution in [1.29, 1.82) is 0 Å². The number of hydrogen-bond donors (Lipinski definition) is 1. The molecule has 0 unspecified atom stereocenters. The minimum absolute atomic E-state index is 0.0493. The molecule has 2 aromatic rings. The van der Waals surface area contributed by atoms with Crippen LogP contribution in [0.5, 0.6) is 0 Å². The first-order chi connectivity index (χ1) is 15.0. The molecule has 170 valence electrons. The molecule has 0 aliphatic heterocycles. The second-order valence-corrected chi connectivity index (χ2v) is 7.24. The SMILES string of the molecule is CC(C)n1c(=O)nc(NC2=CC=CC=C(OC(F)(F)F)C2)n(Cc2ccc(F)cc2)c1=O. The topological polar surface area (TPSA) is 78.2 Å². The number of allylic oxidation sites excluding steroid dienone is 4. The summed E-state index contributed by atoms with van der Waals surface area (Å²) in [5.41, 5.74) is -0.701. The Morgan fingerprint density at radius 2 is 1.78 bits per heavy atom. The maximum Gasteiger partial charge on any atom is 0.572 e. The number of alkyl halides is 3. The Kier molecular flexibility index (Phi) is 6.66. The molecule has 0 spiro atoms. The summed E-state index contributed by atoms with van der Waals surface area (Å²) in [6.07, 6.45) is 0.334. The summed E-state index contributed by atoms with van der Waals surface area (Å²) in [6, 6.07) is 4.92. The normalized spacial score (nSPS) is 14.1. The van der Waals surface area contributed by atoms with Gasteiger partial charge in [-0.25, -0.2) is 18.5 Å². The molecular weight excluding hydrogens is 432 g/mol. The quantitative estimate of drug-likeness (QED) is 0.674. The standard InChI is InChI=1S/C21H20F4N4O3/c1-13(2)29-19(30)27-18(28(20(29)31)12-14-7-9-15(22)10-8-14)26-16-5-3-4-6-17(11-16)32-21(23,24)25/h3-10,13H,11-12H2,1-2H3,(H,26,27,30). The van der Waals surface area contributed by atoms with Crippen molar-refractivity contribution < 1.29 is 22.3 Å². The Morgan fingerprint density at radius 3 is 2.41 bits per heavy atom. The maximum absolute atomic E-state index is 13.3. The highest BCUT2D eigenvalue weighted by Gasteiger charge is 2.32. The number of benzene rings is 1. The van der Waals surface area contributed by atoms with Gasteiger partial charge in [0.1, 0.15) is 11.6 Å². The van der Waals surface area contributed by atoms with Crippen LogP contribution >= 0.6 is 0 Å². The molecule has 3 rings (SSSR count). The van der Waals surface area contributed by atoms with E-state index in [4.69, 9.17) is 0 Å². The average Bonchev–Trinajstić information content (AvgIpc) is 2.89. The van der Waals surface area contributed by atoms with Crippen LogP contribution in [0.2, 0.25) is 0 Å². The van der Waals surface area contributed by atoms with Gasteiger partial charge in [-0.05, 0) is 43.7 Å². The van der Waals surface area contributed by atoms with Crippen molar-refractivity contribution in [3.05, 3.63) is 92.4 Å². The number of rotatable bonds is 6. The number of nitrogens with zero attached hydrogens (tertiary/aromatic N) is 3. The summed E-state index contributed by atoms with van der Waals surface area (Å²) in [6.45, 7) is 3.24. The molecule has 0 bridgehead atoms. The zero-order chi connectivity index (χ0) is 23.5. The Hall–Kier alpha value is -3.63. The molecule has 7 nitrogen and oxygen atoms in total. The lowest BCUT2D eigenvalue weighted by Crippen LogP contribution is -2.43. The lowest BCUT2D eigenvalue weighted by atomic mass is 10.2. The highest BCUT2D eigenvalue weighted by Crippen LogP contribution is 2.26. The Balaban J connectivity index is 2.00. The van der Waals surface area contributed by atoms with Crippen LogP contribution in [0.3, 0.4) is 0 Å². The van der Waals surface area contributed by atoms with E-state index in [2.05, 4.69) is 15.0 Å². The van der Waals surface area contributed by atoms with Crippen LogP contribution in [0.1, 0.15) is 31.9 Å². The van der Waals surface area contributed by atoms with Crippen LogP contribution in [0.15, 0.2) is 69.6 Å². The molecule has 0 saturated heterocycles. The minimum atomic E-state index is -4.87. The van der Waals surface area contributed by atoms with Gasteiger partial charge >= 0.3 is 17.7 Å². The summed E-state index contributed by atoms with van der Waals surface area (Å²) in [5.74, 6) is -0.994. The fourth-order valence-corrected chi connectivity index (χ4v) is 3.05. The first-order valence-corrected chi connectivity index (χ1v) is 9.60. The first kappa shape index (κ1) is 23.0. The van der Waals surface area contributed by atoms with E-state index in [1.54, 1.807) is 13.8 Å². The molecule has 0 atom stereocenters. The third-order valence-electron chi connectivity index (χ3n) is 4.45. The highest BCUT2D eigenvalue weighted by molar-refractivity contribution is 5.40. The van der Waals surface area contributed by atoms with Gasteiger partial charge in [-0.3, -0.25) is 4.57 Å². The van der Waals surface area contributed by atoms with Crippen LogP contribution in [-0.2, 0) is 11.3 Å². The summed E-state index contributed by atoms with van der Waals surface area (Å²) in [4.78, 5) is 29.4. The zero-order valence-electron chi connectivity index (χ0n) is 17.2. The van der Waals surface area contributed by atoms with Gasteiger partial charge in [-0.15, -0.1) is 13.2 Å². The van der Waals surface area contributed by atoms with E-state index in [0.29, 0.717) is 5.56 Å². The molecule has 0 saturated carbocycles. The number of nitrogens with one attached hydrogen (secondary N) is 1. The minimum Gasteiger partial charge on any atom is -0.410 e. The lowest BCUT2D eigenvalue weighted by Gasteiger charge is -2.19. The van der Waals surface area contributed by atoms with Crippen molar-refractivity contribution in [2.75, 3.05) is 5.32 Å². The third-order valence-corrected chi connectivity index (χ3v) is 4.45. The zero-order valence-corrected chi connectivity index (χ0v) is 17.2. The fourth-order valence-electron chi connectivity index (χ4n) is 3.05. The van der Waals surface area contributed by atoms with Crippen molar-refractivity contribution >= 4 is 5.95 Å². The first-order valence-electron chi connectivity index (χ1n) is 9.60. The Bertz CT molecular complexity index is 1190. The lowest BCUT2D eigenvalue weighted by molar-refractivity contribution is -0.306. The van der Waals surface area contributed by atoms with E-state index in [1.807, 2.05) is 0 Å². The van der Waals surface area contributed by atoms with E-state index in [-0.39, 0.29) is 30.4 Å². The Morgan fingerprint density at radius 1 is 1.12 bits per heavy atom. The van der Waals surface area contributed by atoms with E-state index < -0.39 is 29.6 Å². The summed E-state index contributed by atoms with van der Waals surface area (Å²) in [7, 11) is 0. The molecule has 1 aromatic carbocycles. The van der Waals surface area contributed by atoms with Gasteiger partial charge in [0.2, 0.25) is 5.95 Å². The molecule has 11 heteroatoms. The van der Waals surface area contributed by atoms with Gasteiger partial charge in [0.05, 0.1) is 6.54 Å². The van der Waals surface area contributed by atoms with Crippen molar-refractivity contribution in [2.45, 2.75) is 39.2 Å². The summed E-state index contributed by atoms with van der Waals surface area (Å²) < 4.78 is 57.3. The molecule has 1 aliphatic carbocycles. The van der Waals surface area contributed by atoms with Crippen molar-refractivity contribution in [3.63, 3.8) is 0 Å². The number of aromatic nitrogens is 3. The number of halogens is 4. The van der Waals surface area contributed by atoms with Crippen LogP contribution in [0.25, 0.3) is 0 Å². The number of anilines is 1. The second kappa shape index (κ2) is 9.25. The van der Waals surface area contributed by atoms with Gasteiger partial charge in [0.15, 0.2) is 0 Å². The molecule has 0 radical (unpaired) electrons. The Labute approximate surface area is 180 Å². The molecule has 0 amide bonds. The smallest absolute Gasteiger partial charge is 0.410 e. The number of hydrogen-bond acceptors (Lipinski definition) is 5. The van der Waals surface area contributed by atoms with Gasteiger partial charge in [-0.2, -0.15) is 4.98 Å². The van der Waals surface area contributed by atoms with Gasteiger partial charge < -0.3 is 10.1 Å². The molecule has 1 heterocycles. The van der Waals surface area contributed by atoms with E-state index in [0.717, 1.165) is 15.2 Å². The van der Waals surface area contributed by atoms with Gasteiger partial charge in [-0.1, -0.05) is 24.3 Å². The van der Waals surface area contributed by atoms with Crippen LogP contribution < -0.4 is 16.7 Å². The summed E-state index contributed by atoms with van der Waals surface area (Å²) >= 11 is 0. The van der Waals surface area contributed by atoms with Crippen molar-refractivity contribution in [3.8, 4) is 0 Å². The van der Waals surface area contributed by atoms with Crippen LogP contribution in [0, 0.1) is 5.82 Å². The molecule has 0 fully saturated rings.